The van der Waals surface area contributed by atoms with E-state index in [2.05, 4.69) is 26.5 Å². The first-order valence-electron chi connectivity index (χ1n) is 22.7. The first-order valence-corrected chi connectivity index (χ1v) is 23.6. The van der Waals surface area contributed by atoms with Gasteiger partial charge in [-0.25, -0.2) is 15.2 Å². The molecule has 1 aromatic carbocycles. The number of phenolic OH excluding ortho intramolecular Hbond substituents is 1. The predicted octanol–water partition coefficient (Wildman–Crippen LogP) is 5.40. The van der Waals surface area contributed by atoms with Gasteiger partial charge in [-0.05, 0) is 88.1 Å². The predicted molar refractivity (Wildman–Crippen MR) is 244 cm³/mol. The largest absolute Gasteiger partial charge is 0.508 e. The lowest BCUT2D eigenvalue weighted by molar-refractivity contribution is -0.160. The number of likely N-dealkylation sites (tertiary alicyclic amines) is 1. The maximum absolute atomic E-state index is 14.9. The number of aromatic nitrogens is 1. The standard InChI is InChI=1S/C46H71N7O11S/c1-11-15-38(56)63-26-53(45(60)39(28(6)12-2)49-43(59)40-29(7)16-14-21-52(40)10)36(27(4)5)24-37(64-31(9)54)44-48-35(25-65-44)42(58)47-33(23-32-17-19-34(55)20-18-32)22-30(8)41(57)50-51-46(61)62-13-3/h17-20,25,27-30,33,36-37,39-40,55H,11-16,21-24,26H2,1-10H3,(H,47,58)(H,49,59)(H,50,57)(H,51,61)/t28?,29-,30-,33+,36+,37+,39-,40+/m0/s1. The Balaban J connectivity index is 1.95. The number of benzene rings is 1. The minimum Gasteiger partial charge on any atom is -0.508 e. The van der Waals surface area contributed by atoms with Crippen LogP contribution in [0.15, 0.2) is 29.6 Å². The molecule has 0 radical (unpaired) electrons. The highest BCUT2D eigenvalue weighted by atomic mass is 32.1. The summed E-state index contributed by atoms with van der Waals surface area (Å²) in [7, 11) is 1.91. The van der Waals surface area contributed by atoms with Crippen molar-refractivity contribution in [3.63, 3.8) is 0 Å². The van der Waals surface area contributed by atoms with Gasteiger partial charge in [-0.1, -0.05) is 67.0 Å². The summed E-state index contributed by atoms with van der Waals surface area (Å²) in [6.07, 6.45) is 1.67. The van der Waals surface area contributed by atoms with Crippen LogP contribution in [-0.2, 0) is 44.6 Å². The van der Waals surface area contributed by atoms with Crippen molar-refractivity contribution < 1.29 is 52.9 Å². The Bertz CT molecular complexity index is 1880. The van der Waals surface area contributed by atoms with E-state index in [0.29, 0.717) is 12.8 Å². The molecule has 1 aliphatic rings. The molecule has 3 rings (SSSR count). The molecular weight excluding hydrogens is 859 g/mol. The quantitative estimate of drug-likeness (QED) is 0.0407. The number of amides is 5. The molecular formula is C46H71N7O11S. The lowest BCUT2D eigenvalue weighted by Crippen LogP contribution is -2.60. The molecule has 0 spiro atoms. The van der Waals surface area contributed by atoms with Crippen molar-refractivity contribution in [2.75, 3.05) is 26.9 Å². The van der Waals surface area contributed by atoms with Crippen molar-refractivity contribution in [3.8, 4) is 5.75 Å². The van der Waals surface area contributed by atoms with Gasteiger partial charge < -0.3 is 34.9 Å². The van der Waals surface area contributed by atoms with Gasteiger partial charge in [0.1, 0.15) is 22.5 Å². The van der Waals surface area contributed by atoms with Crippen LogP contribution in [0.25, 0.3) is 0 Å². The summed E-state index contributed by atoms with van der Waals surface area (Å²) in [5, 5.41) is 17.7. The van der Waals surface area contributed by atoms with Crippen molar-refractivity contribution in [3.05, 3.63) is 45.9 Å². The van der Waals surface area contributed by atoms with Crippen molar-refractivity contribution >= 4 is 53.0 Å². The molecule has 5 N–H and O–H groups in total. The number of esters is 2. The summed E-state index contributed by atoms with van der Waals surface area (Å²) in [6, 6.07) is 3.72. The van der Waals surface area contributed by atoms with E-state index in [9.17, 15) is 38.7 Å². The van der Waals surface area contributed by atoms with Crippen molar-refractivity contribution in [2.45, 2.75) is 144 Å². The number of likely N-dealkylation sites (N-methyl/N-ethyl adjacent to an activating group) is 1. The number of carbonyl (C=O) groups is 7. The van der Waals surface area contributed by atoms with E-state index in [4.69, 9.17) is 14.2 Å². The molecule has 2 heterocycles. The Morgan fingerprint density at radius 1 is 0.969 bits per heavy atom. The Hall–Kier alpha value is -5.30. The fraction of sp³-hybridized carbons (Fsp3) is 0.652. The van der Waals surface area contributed by atoms with E-state index in [1.165, 1.54) is 29.3 Å². The first kappa shape index (κ1) is 54.0. The van der Waals surface area contributed by atoms with Gasteiger partial charge in [0.15, 0.2) is 12.8 Å². The van der Waals surface area contributed by atoms with Gasteiger partial charge in [-0.15, -0.1) is 11.3 Å². The molecule has 0 saturated carbocycles. The van der Waals surface area contributed by atoms with Crippen LogP contribution in [0.2, 0.25) is 0 Å². The van der Waals surface area contributed by atoms with Gasteiger partial charge in [0.05, 0.1) is 12.6 Å². The summed E-state index contributed by atoms with van der Waals surface area (Å²) in [5.41, 5.74) is 5.30. The van der Waals surface area contributed by atoms with E-state index in [1.807, 2.05) is 53.5 Å². The topological polar surface area (TPSA) is 235 Å². The van der Waals surface area contributed by atoms with Crippen LogP contribution in [-0.4, -0.2) is 113 Å². The summed E-state index contributed by atoms with van der Waals surface area (Å²) in [4.78, 5) is 101. The minimum absolute atomic E-state index is 0.0163. The zero-order valence-corrected chi connectivity index (χ0v) is 40.5. The van der Waals surface area contributed by atoms with E-state index < -0.39 is 78.7 Å². The van der Waals surface area contributed by atoms with Crippen LogP contribution < -0.4 is 21.5 Å². The van der Waals surface area contributed by atoms with Gasteiger partial charge >= 0.3 is 18.0 Å². The molecule has 1 saturated heterocycles. The highest BCUT2D eigenvalue weighted by Gasteiger charge is 2.40. The summed E-state index contributed by atoms with van der Waals surface area (Å²) >= 11 is 1.09. The Kier molecular flexibility index (Phi) is 22.1. The lowest BCUT2D eigenvalue weighted by Gasteiger charge is -2.40. The maximum atomic E-state index is 14.9. The van der Waals surface area contributed by atoms with Crippen molar-refractivity contribution in [1.29, 1.82) is 0 Å². The molecule has 1 unspecified atom stereocenters. The van der Waals surface area contributed by atoms with Crippen LogP contribution in [0.4, 0.5) is 4.79 Å². The van der Waals surface area contributed by atoms with E-state index in [0.717, 1.165) is 36.3 Å². The smallest absolute Gasteiger partial charge is 0.426 e. The highest BCUT2D eigenvalue weighted by molar-refractivity contribution is 7.09. The Morgan fingerprint density at radius 2 is 1.66 bits per heavy atom. The number of piperidine rings is 1. The van der Waals surface area contributed by atoms with E-state index in [-0.39, 0.29) is 72.4 Å². The molecule has 1 aromatic heterocycles. The fourth-order valence-electron chi connectivity index (χ4n) is 7.92. The zero-order chi connectivity index (χ0) is 48.4. The van der Waals surface area contributed by atoms with Crippen molar-refractivity contribution in [1.82, 2.24) is 36.3 Å². The minimum atomic E-state index is -1.04. The second-order valence-electron chi connectivity index (χ2n) is 17.3. The normalized spacial score (nSPS) is 17.9. The average molecular weight is 930 g/mol. The third-order valence-corrected chi connectivity index (χ3v) is 12.6. The second-order valence-corrected chi connectivity index (χ2v) is 18.2. The Morgan fingerprint density at radius 3 is 2.26 bits per heavy atom. The molecule has 8 atom stereocenters. The molecule has 1 aliphatic heterocycles. The van der Waals surface area contributed by atoms with Crippen LogP contribution in [0.1, 0.15) is 134 Å². The number of phenols is 1. The number of thiazole rings is 1. The number of ether oxygens (including phenoxy) is 3. The molecule has 19 heteroatoms. The fourth-order valence-corrected chi connectivity index (χ4v) is 8.76. The number of nitrogens with one attached hydrogen (secondary N) is 4. The van der Waals surface area contributed by atoms with E-state index >= 15 is 0 Å². The van der Waals surface area contributed by atoms with Crippen LogP contribution in [0.3, 0.4) is 0 Å². The van der Waals surface area contributed by atoms with Crippen molar-refractivity contribution in [2.24, 2.45) is 23.7 Å². The molecule has 65 heavy (non-hydrogen) atoms. The summed E-state index contributed by atoms with van der Waals surface area (Å²) in [5.74, 6) is -4.02. The van der Waals surface area contributed by atoms with Gasteiger partial charge in [0.2, 0.25) is 17.7 Å². The van der Waals surface area contributed by atoms with Gasteiger partial charge in [-0.2, -0.15) is 0 Å². The number of nitrogens with zero attached hydrogens (tertiary/aromatic N) is 3. The first-order chi connectivity index (χ1) is 30.8. The molecule has 362 valence electrons. The van der Waals surface area contributed by atoms with Gasteiger partial charge in [0.25, 0.3) is 5.91 Å². The number of hydrogen-bond acceptors (Lipinski definition) is 14. The number of carbonyl (C=O) groups excluding carboxylic acids is 7. The molecule has 1 fully saturated rings. The van der Waals surface area contributed by atoms with E-state index in [1.54, 1.807) is 26.0 Å². The summed E-state index contributed by atoms with van der Waals surface area (Å²) in [6.45, 7) is 16.5. The van der Waals surface area contributed by atoms with Crippen LogP contribution >= 0.6 is 11.3 Å². The molecule has 0 aliphatic carbocycles. The number of hydrazine groups is 1. The van der Waals surface area contributed by atoms with Crippen LogP contribution in [0, 0.1) is 23.7 Å². The SMILES string of the molecule is CCCC(=O)OCN(C(=O)[C@@H](NC(=O)[C@H]1[C@@H](C)CCCN1C)C(C)CC)[C@H](C[C@@H](OC(C)=O)c1nc(C(=O)N[C@@H](Cc2ccc(O)cc2)C[C@H](C)C(=O)NNC(=O)OCC)cs1)C(C)C. The number of aromatic hydroxyl groups is 1. The third kappa shape index (κ3) is 16.9. The summed E-state index contributed by atoms with van der Waals surface area (Å²) < 4.78 is 16.3. The zero-order valence-electron chi connectivity index (χ0n) is 39.6. The van der Waals surface area contributed by atoms with Gasteiger partial charge in [-0.3, -0.25) is 39.1 Å². The van der Waals surface area contributed by atoms with Crippen LogP contribution in [0.5, 0.6) is 5.75 Å². The molecule has 18 nitrogen and oxygen atoms in total. The second kappa shape index (κ2) is 26.6. The molecule has 0 bridgehead atoms. The lowest BCUT2D eigenvalue weighted by atomic mass is 9.89. The highest BCUT2D eigenvalue weighted by Crippen LogP contribution is 2.32. The molecule has 5 amide bonds. The van der Waals surface area contributed by atoms with Gasteiger partial charge in [0, 0.05) is 43.1 Å². The maximum Gasteiger partial charge on any atom is 0.426 e. The molecule has 2 aromatic rings. The number of hydrogen-bond donors (Lipinski definition) is 5. The monoisotopic (exact) mass is 929 g/mol. The average Bonchev–Trinajstić information content (AvgIpc) is 3.75. The Labute approximate surface area is 387 Å². The third-order valence-electron chi connectivity index (χ3n) is 11.7. The number of rotatable bonds is 23.